The Bertz CT molecular complexity index is 859. The number of ether oxygens (including phenoxy) is 1. The molecule has 2 unspecified atom stereocenters. The molecule has 2 aromatic rings. The molecule has 0 saturated heterocycles. The largest absolute Gasteiger partial charge is 0.494 e. The van der Waals surface area contributed by atoms with Crippen LogP contribution in [0.15, 0.2) is 55.1 Å². The Hall–Kier alpha value is -2.76. The lowest BCUT2D eigenvalue weighted by Gasteiger charge is -2.23. The summed E-state index contributed by atoms with van der Waals surface area (Å²) in [6.45, 7) is 6.16. The van der Waals surface area contributed by atoms with E-state index < -0.39 is 17.7 Å². The molecule has 0 bridgehead atoms. The van der Waals surface area contributed by atoms with Crippen molar-refractivity contribution in [3.8, 4) is 5.75 Å². The zero-order valence-electron chi connectivity index (χ0n) is 15.6. The second-order valence-corrected chi connectivity index (χ2v) is 6.80. The fraction of sp³-hybridized carbons (Fsp3) is 0.318. The van der Waals surface area contributed by atoms with Gasteiger partial charge >= 0.3 is 6.18 Å². The molecule has 0 saturated carbocycles. The van der Waals surface area contributed by atoms with E-state index in [0.29, 0.717) is 36.4 Å². The van der Waals surface area contributed by atoms with Crippen molar-refractivity contribution in [1.29, 1.82) is 0 Å². The molecule has 1 aliphatic rings. The monoisotopic (exact) mass is 389 g/mol. The number of benzene rings is 2. The molecule has 0 radical (unpaired) electrons. The van der Waals surface area contributed by atoms with E-state index in [1.807, 2.05) is 31.2 Å². The Kier molecular flexibility index (Phi) is 5.77. The van der Waals surface area contributed by atoms with Crippen molar-refractivity contribution in [1.82, 2.24) is 0 Å². The first kappa shape index (κ1) is 20.0. The van der Waals surface area contributed by atoms with E-state index in [1.165, 1.54) is 6.07 Å². The minimum absolute atomic E-state index is 0.211. The summed E-state index contributed by atoms with van der Waals surface area (Å²) in [5.74, 6) is -0.183. The summed E-state index contributed by atoms with van der Waals surface area (Å²) in [5.41, 5.74) is 1.08. The predicted octanol–water partition coefficient (Wildman–Crippen LogP) is 5.57. The van der Waals surface area contributed by atoms with Gasteiger partial charge in [-0.25, -0.2) is 0 Å². The molecule has 1 amide bonds. The summed E-state index contributed by atoms with van der Waals surface area (Å²) in [4.78, 5) is 12.8. The van der Waals surface area contributed by atoms with Gasteiger partial charge in [0.2, 0.25) is 5.91 Å². The van der Waals surface area contributed by atoms with E-state index >= 15 is 0 Å². The van der Waals surface area contributed by atoms with E-state index in [4.69, 9.17) is 4.74 Å². The zero-order chi connectivity index (χ0) is 20.3. The second kappa shape index (κ2) is 8.09. The average molecular weight is 389 g/mol. The quantitative estimate of drug-likeness (QED) is 0.679. The fourth-order valence-electron chi connectivity index (χ4n) is 3.63. The van der Waals surface area contributed by atoms with Crippen molar-refractivity contribution in [2.45, 2.75) is 31.9 Å². The number of alkyl halides is 3. The highest BCUT2D eigenvalue weighted by atomic mass is 19.4. The van der Waals surface area contributed by atoms with E-state index in [2.05, 4.69) is 11.9 Å². The number of halogens is 3. The number of hydrogen-bond donors (Lipinski definition) is 1. The standard InChI is InChI=1S/C22H22F3NO2/c1-3-5-18-19(14-6-9-17(10-7-14)28-4-2)13-15-12-16(22(23,24)25)8-11-20(15)26-21(18)27/h3,6-12,18-19H,1,4-5,13H2,2H3,(H,26,27). The first-order valence-electron chi connectivity index (χ1n) is 9.18. The first-order chi connectivity index (χ1) is 13.3. The number of fused-ring (bicyclic) bond motifs is 1. The van der Waals surface area contributed by atoms with Crippen molar-refractivity contribution in [3.05, 3.63) is 71.8 Å². The Morgan fingerprint density at radius 3 is 2.54 bits per heavy atom. The third kappa shape index (κ3) is 4.21. The van der Waals surface area contributed by atoms with Gasteiger partial charge < -0.3 is 10.1 Å². The Balaban J connectivity index is 2.02. The molecular weight excluding hydrogens is 367 g/mol. The third-order valence-electron chi connectivity index (χ3n) is 4.99. The van der Waals surface area contributed by atoms with Crippen LogP contribution in [0.5, 0.6) is 5.75 Å². The summed E-state index contributed by atoms with van der Waals surface area (Å²) in [6.07, 6.45) is -2.00. The third-order valence-corrected chi connectivity index (χ3v) is 4.99. The Morgan fingerprint density at radius 1 is 1.21 bits per heavy atom. The lowest BCUT2D eigenvalue weighted by Crippen LogP contribution is -2.26. The van der Waals surface area contributed by atoms with Gasteiger partial charge in [0.15, 0.2) is 0 Å². The molecule has 2 atom stereocenters. The lowest BCUT2D eigenvalue weighted by molar-refractivity contribution is -0.137. The number of allylic oxidation sites excluding steroid dienone is 1. The molecule has 3 rings (SSSR count). The molecule has 0 aliphatic carbocycles. The van der Waals surface area contributed by atoms with Crippen LogP contribution in [0.3, 0.4) is 0 Å². The van der Waals surface area contributed by atoms with Crippen LogP contribution in [0.4, 0.5) is 18.9 Å². The highest BCUT2D eigenvalue weighted by molar-refractivity contribution is 5.95. The van der Waals surface area contributed by atoms with Crippen molar-refractivity contribution in [2.75, 3.05) is 11.9 Å². The minimum Gasteiger partial charge on any atom is -0.494 e. The molecule has 0 aromatic heterocycles. The summed E-state index contributed by atoms with van der Waals surface area (Å²) in [6, 6.07) is 10.8. The summed E-state index contributed by atoms with van der Waals surface area (Å²) in [5, 5.41) is 2.79. The van der Waals surface area contributed by atoms with E-state index in [9.17, 15) is 18.0 Å². The molecular formula is C22H22F3NO2. The first-order valence-corrected chi connectivity index (χ1v) is 9.18. The van der Waals surface area contributed by atoms with Crippen LogP contribution in [0.2, 0.25) is 0 Å². The van der Waals surface area contributed by atoms with E-state index in [0.717, 1.165) is 17.7 Å². The van der Waals surface area contributed by atoms with Crippen molar-refractivity contribution in [3.63, 3.8) is 0 Å². The van der Waals surface area contributed by atoms with Gasteiger partial charge in [0, 0.05) is 11.6 Å². The second-order valence-electron chi connectivity index (χ2n) is 6.80. The number of hydrogen-bond acceptors (Lipinski definition) is 2. The van der Waals surface area contributed by atoms with Crippen molar-refractivity contribution < 1.29 is 22.7 Å². The van der Waals surface area contributed by atoms with Gasteiger partial charge in [0.05, 0.1) is 12.2 Å². The number of carbonyl (C=O) groups is 1. The van der Waals surface area contributed by atoms with Crippen molar-refractivity contribution >= 4 is 11.6 Å². The minimum atomic E-state index is -4.43. The lowest BCUT2D eigenvalue weighted by atomic mass is 9.80. The number of rotatable bonds is 5. The summed E-state index contributed by atoms with van der Waals surface area (Å²) in [7, 11) is 0. The predicted molar refractivity (Wildman–Crippen MR) is 102 cm³/mol. The van der Waals surface area contributed by atoms with Crippen molar-refractivity contribution in [2.24, 2.45) is 5.92 Å². The van der Waals surface area contributed by atoms with Gasteiger partial charge in [-0.3, -0.25) is 4.79 Å². The van der Waals surface area contributed by atoms with Crippen LogP contribution >= 0.6 is 0 Å². The molecule has 0 fully saturated rings. The fourth-order valence-corrected chi connectivity index (χ4v) is 3.63. The maximum atomic E-state index is 13.2. The Morgan fingerprint density at radius 2 is 1.93 bits per heavy atom. The molecule has 6 heteroatoms. The number of amides is 1. The van der Waals surface area contributed by atoms with E-state index in [1.54, 1.807) is 6.08 Å². The Labute approximate surface area is 162 Å². The van der Waals surface area contributed by atoms with E-state index in [-0.39, 0.29) is 11.8 Å². The normalized spacial score (nSPS) is 19.4. The van der Waals surface area contributed by atoms with Gasteiger partial charge in [-0.1, -0.05) is 18.2 Å². The maximum absolute atomic E-state index is 13.2. The van der Waals surface area contributed by atoms with Gasteiger partial charge in [-0.05, 0) is 67.1 Å². The van der Waals surface area contributed by atoms with Crippen LogP contribution in [0.1, 0.15) is 36.0 Å². The number of anilines is 1. The molecule has 0 spiro atoms. The highest BCUT2D eigenvalue weighted by Crippen LogP contribution is 2.40. The van der Waals surface area contributed by atoms with Gasteiger partial charge in [-0.2, -0.15) is 13.2 Å². The van der Waals surface area contributed by atoms with Crippen LogP contribution in [-0.4, -0.2) is 12.5 Å². The molecule has 1 N–H and O–H groups in total. The number of carbonyl (C=O) groups excluding carboxylic acids is 1. The molecule has 1 heterocycles. The van der Waals surface area contributed by atoms with Gasteiger partial charge in [0.1, 0.15) is 5.75 Å². The zero-order valence-corrected chi connectivity index (χ0v) is 15.6. The van der Waals surface area contributed by atoms with Crippen LogP contribution in [0.25, 0.3) is 0 Å². The van der Waals surface area contributed by atoms with Gasteiger partial charge in [-0.15, -0.1) is 6.58 Å². The topological polar surface area (TPSA) is 38.3 Å². The number of nitrogens with one attached hydrogen (secondary N) is 1. The molecule has 28 heavy (non-hydrogen) atoms. The molecule has 148 valence electrons. The smallest absolute Gasteiger partial charge is 0.416 e. The molecule has 1 aliphatic heterocycles. The van der Waals surface area contributed by atoms with Gasteiger partial charge in [0.25, 0.3) is 0 Å². The van der Waals surface area contributed by atoms with Crippen LogP contribution in [-0.2, 0) is 17.4 Å². The summed E-state index contributed by atoms with van der Waals surface area (Å²) >= 11 is 0. The molecule has 2 aromatic carbocycles. The summed E-state index contributed by atoms with van der Waals surface area (Å²) < 4.78 is 44.9. The SMILES string of the molecule is C=CCC1C(=O)Nc2ccc(C(F)(F)F)cc2CC1c1ccc(OCC)cc1. The highest BCUT2D eigenvalue weighted by Gasteiger charge is 2.35. The molecule has 3 nitrogen and oxygen atoms in total. The average Bonchev–Trinajstić information content (AvgIpc) is 2.78. The van der Waals surface area contributed by atoms with Crippen LogP contribution < -0.4 is 10.1 Å². The maximum Gasteiger partial charge on any atom is 0.416 e. The van der Waals surface area contributed by atoms with Crippen LogP contribution in [0, 0.1) is 5.92 Å².